The molecule has 28 heteroatoms. The molecule has 3 heterocycles. The van der Waals surface area contributed by atoms with Crippen LogP contribution in [0, 0.1) is 0 Å². The fourth-order valence-corrected chi connectivity index (χ4v) is 7.24. The number of rotatable bonds is 16. The quantitative estimate of drug-likeness (QED) is 0.0367. The molecule has 2 aromatic carbocycles. The van der Waals surface area contributed by atoms with Crippen LogP contribution in [0.5, 0.6) is 0 Å². The first kappa shape index (κ1) is 54.9. The zero-order chi connectivity index (χ0) is 52.5. The Morgan fingerprint density at radius 1 is 0.528 bits per heavy atom. The molecule has 384 valence electrons. The summed E-state index contributed by atoms with van der Waals surface area (Å²) in [6, 6.07) is 0.774. The van der Waals surface area contributed by atoms with Crippen molar-refractivity contribution in [2.24, 2.45) is 34.4 Å². The van der Waals surface area contributed by atoms with Crippen LogP contribution in [0.25, 0.3) is 11.4 Å². The van der Waals surface area contributed by atoms with E-state index in [2.05, 4.69) is 52.5 Å². The molecule has 18 N–H and O–H groups in total. The van der Waals surface area contributed by atoms with E-state index in [9.17, 15) is 47.9 Å². The molecule has 2 aromatic heterocycles. The van der Waals surface area contributed by atoms with Gasteiger partial charge in [0.2, 0.25) is 0 Å². The Labute approximate surface area is 410 Å². The minimum Gasteiger partial charge on any atom is -0.348 e. The number of nitrogens with one attached hydrogen (secondary N) is 6. The van der Waals surface area contributed by atoms with Crippen LogP contribution in [0.1, 0.15) is 70.6 Å². The molecule has 5 rings (SSSR count). The van der Waals surface area contributed by atoms with E-state index in [-0.39, 0.29) is 46.7 Å². The van der Waals surface area contributed by atoms with E-state index < -0.39 is 121 Å². The maximum absolute atomic E-state index is 14.0. The highest BCUT2D eigenvalue weighted by Gasteiger charge is 2.39. The Morgan fingerprint density at radius 3 is 1.26 bits per heavy atom. The lowest BCUT2D eigenvalue weighted by Gasteiger charge is -2.24. The number of unbranched alkanes of at least 4 members (excludes halogenated alkanes) is 2. The van der Waals surface area contributed by atoms with Gasteiger partial charge in [-0.3, -0.25) is 47.9 Å². The van der Waals surface area contributed by atoms with Crippen molar-refractivity contribution in [3.8, 4) is 11.4 Å². The molecule has 4 aromatic rings. The second-order valence-electron chi connectivity index (χ2n) is 16.4. The number of carbonyl (C=O) groups is 10. The number of para-hydroxylation sites is 2. The number of hydrogen-bond donors (Lipinski definition) is 12. The van der Waals surface area contributed by atoms with E-state index in [0.29, 0.717) is 38.8 Å². The van der Waals surface area contributed by atoms with Crippen LogP contribution in [0.3, 0.4) is 0 Å². The predicted octanol–water partition coefficient (Wildman–Crippen LogP) is -5.93. The smallest absolute Gasteiger partial charge is 0.254 e. The van der Waals surface area contributed by atoms with Crippen LogP contribution in [-0.4, -0.2) is 151 Å². The monoisotopic (exact) mass is 998 g/mol. The maximum atomic E-state index is 14.0. The van der Waals surface area contributed by atoms with Crippen molar-refractivity contribution in [3.63, 3.8) is 0 Å². The van der Waals surface area contributed by atoms with Crippen LogP contribution in [-0.2, 0) is 51.4 Å². The van der Waals surface area contributed by atoms with Gasteiger partial charge in [-0.1, -0.05) is 47.5 Å². The van der Waals surface area contributed by atoms with Gasteiger partial charge in [-0.2, -0.15) is 0 Å². The molecule has 0 radical (unpaired) electrons. The van der Waals surface area contributed by atoms with Gasteiger partial charge in [0.25, 0.3) is 35.4 Å². The van der Waals surface area contributed by atoms with E-state index >= 15 is 0 Å². The molecular formula is C44H58N18O10. The summed E-state index contributed by atoms with van der Waals surface area (Å²) in [5.41, 5.74) is 34.8. The normalized spacial score (nSPS) is 19.2. The molecule has 28 nitrogen and oxygen atoms in total. The molecule has 0 saturated carbocycles. The van der Waals surface area contributed by atoms with Crippen LogP contribution in [0.4, 0.5) is 0 Å². The summed E-state index contributed by atoms with van der Waals surface area (Å²) in [7, 11) is 0. The van der Waals surface area contributed by atoms with Gasteiger partial charge in [-0.25, -0.2) is 9.36 Å². The number of Topliss-reactive ketones (excluding diaryl/α,β-unsaturated/α-hetero) is 4. The number of benzene rings is 2. The van der Waals surface area contributed by atoms with E-state index in [4.69, 9.17) is 34.4 Å². The van der Waals surface area contributed by atoms with E-state index in [1.807, 2.05) is 0 Å². The van der Waals surface area contributed by atoms with Gasteiger partial charge in [0.1, 0.15) is 11.4 Å². The largest absolute Gasteiger partial charge is 0.348 e. The Balaban J connectivity index is 1.57. The number of nitrogens with two attached hydrogens (primary N) is 6. The third kappa shape index (κ3) is 14.1. The lowest BCUT2D eigenvalue weighted by molar-refractivity contribution is -0.139. The molecule has 0 fully saturated rings. The van der Waals surface area contributed by atoms with Crippen LogP contribution < -0.4 is 66.3 Å². The number of fused-ring (bicyclic) bond motifs is 8. The number of nitrogens with zero attached hydrogens (tertiary/aromatic N) is 6. The lowest BCUT2D eigenvalue weighted by Crippen LogP contribution is -2.61. The first-order chi connectivity index (χ1) is 34.5. The number of hydrogen-bond acceptors (Lipinski definition) is 20. The Morgan fingerprint density at radius 2 is 0.903 bits per heavy atom. The van der Waals surface area contributed by atoms with Gasteiger partial charge in [0.15, 0.2) is 47.3 Å². The highest BCUT2D eigenvalue weighted by Crippen LogP contribution is 2.17. The van der Waals surface area contributed by atoms with E-state index in [1.165, 1.54) is 60.9 Å². The van der Waals surface area contributed by atoms with Crippen molar-refractivity contribution in [3.05, 3.63) is 83.4 Å². The predicted molar refractivity (Wildman–Crippen MR) is 253 cm³/mol. The minimum absolute atomic E-state index is 0.0453. The van der Waals surface area contributed by atoms with E-state index in [0.717, 1.165) is 9.36 Å². The number of amides is 6. The van der Waals surface area contributed by atoms with Gasteiger partial charge in [-0.15, -0.1) is 10.2 Å². The minimum atomic E-state index is -2.05. The van der Waals surface area contributed by atoms with Crippen molar-refractivity contribution in [1.29, 1.82) is 0 Å². The highest BCUT2D eigenvalue weighted by atomic mass is 16.2. The van der Waals surface area contributed by atoms with Gasteiger partial charge in [0.05, 0.1) is 73.2 Å². The molecule has 1 aliphatic heterocycles. The van der Waals surface area contributed by atoms with Crippen molar-refractivity contribution < 1.29 is 47.9 Å². The number of carbonyl (C=O) groups excluding carboxylic acids is 10. The maximum Gasteiger partial charge on any atom is 0.254 e. The summed E-state index contributed by atoms with van der Waals surface area (Å²) < 4.78 is 2.24. The summed E-state index contributed by atoms with van der Waals surface area (Å²) in [6.45, 7) is -1.80. The van der Waals surface area contributed by atoms with Gasteiger partial charge >= 0.3 is 0 Å². The third-order valence-electron chi connectivity index (χ3n) is 11.2. The first-order valence-electron chi connectivity index (χ1n) is 22.8. The van der Waals surface area contributed by atoms with Crippen molar-refractivity contribution in [2.75, 3.05) is 26.2 Å². The molecule has 0 unspecified atom stereocenters. The summed E-state index contributed by atoms with van der Waals surface area (Å²) >= 11 is 0. The van der Waals surface area contributed by atoms with Gasteiger partial charge in [-0.05, 0) is 63.0 Å². The van der Waals surface area contributed by atoms with Crippen LogP contribution >= 0.6 is 0 Å². The van der Waals surface area contributed by atoms with Crippen molar-refractivity contribution >= 4 is 58.6 Å². The molecule has 6 atom stereocenters. The molecule has 6 amide bonds. The molecule has 72 heavy (non-hydrogen) atoms. The van der Waals surface area contributed by atoms with Gasteiger partial charge in [0, 0.05) is 0 Å². The molecular weight excluding hydrogens is 941 g/mol. The van der Waals surface area contributed by atoms with Crippen LogP contribution in [0.15, 0.2) is 60.9 Å². The number of aromatic nitrogens is 6. The average Bonchev–Trinajstić information content (AvgIpc) is 4.08. The molecule has 1 aliphatic rings. The first-order valence-corrected chi connectivity index (χ1v) is 22.8. The molecule has 4 bridgehead atoms. The second-order valence-corrected chi connectivity index (χ2v) is 16.4. The third-order valence-corrected chi connectivity index (χ3v) is 11.2. The van der Waals surface area contributed by atoms with Gasteiger partial charge < -0.3 is 66.3 Å². The van der Waals surface area contributed by atoms with Crippen molar-refractivity contribution in [2.45, 2.75) is 87.9 Å². The Hall–Kier alpha value is -8.02. The SMILES string of the molecule is NCCCC[C@H](N)C(=O)[C@@H]1NC(=O)[C@H](C(=O)CN)NC(=O)c2ccccc2-n2cc(nn2)CNC(=O)[C@H](C(=O)[C@@H](N)CCCCN)NC(=O)[C@H](C(=O)CN)NC(=O)c2ccccc2-n2cc(nn2)CNC1=O. The summed E-state index contributed by atoms with van der Waals surface area (Å²) in [4.78, 5) is 138. The zero-order valence-electron chi connectivity index (χ0n) is 39.0. The van der Waals surface area contributed by atoms with E-state index in [1.54, 1.807) is 0 Å². The summed E-state index contributed by atoms with van der Waals surface area (Å²) in [5.74, 6) is -10.7. The molecule has 0 saturated heterocycles. The second kappa shape index (κ2) is 26.3. The van der Waals surface area contributed by atoms with Crippen LogP contribution in [0.2, 0.25) is 0 Å². The number of ketones is 4. The summed E-state index contributed by atoms with van der Waals surface area (Å²) in [5, 5.41) is 30.2. The summed E-state index contributed by atoms with van der Waals surface area (Å²) in [6.07, 6.45) is 4.50. The fourth-order valence-electron chi connectivity index (χ4n) is 7.24. The Bertz CT molecular complexity index is 2470. The zero-order valence-corrected chi connectivity index (χ0v) is 39.0. The Kier molecular flexibility index (Phi) is 20.0. The average molecular weight is 999 g/mol. The standard InChI is InChI=1S/C44H58N18O10/c45-15-7-5-11-27(49)37(65)35-41(69)52-20-24-22-62(60-58-24)30-14-4-2-10-26(30)40(68)54-34(32(64)18-48)44(72)56-36(38(66)28(50)12-6-8-16-46)42(70)51-19-23-21-61(59-57-23)29-13-3-1-9-25(29)39(67)53-33(31(63)17-47)43(71)55-35/h1-4,9-10,13-14,21-22,27-28,33-36H,5-8,11-12,15-20,45-50H2,(H,51,70)(H,52,69)(H,53,67)(H,54,68)(H,55,71)(H,56,72)/t27-,28-,33-,34-,35-,36-/m0/s1. The fraction of sp³-hybridized carbons (Fsp3) is 0.409. The lowest BCUT2D eigenvalue weighted by atomic mass is 9.99. The molecule has 0 spiro atoms. The molecule has 0 aliphatic carbocycles. The topological polar surface area (TPSA) is 460 Å². The van der Waals surface area contributed by atoms with Crippen molar-refractivity contribution in [1.82, 2.24) is 61.9 Å². The highest BCUT2D eigenvalue weighted by molar-refractivity contribution is 6.16.